The van der Waals surface area contributed by atoms with Gasteiger partial charge in [-0.05, 0) is 48.0 Å². The van der Waals surface area contributed by atoms with Gasteiger partial charge in [-0.15, -0.1) is 0 Å². The molecular weight excluding hydrogens is 484 g/mol. The molecule has 2 aromatic heterocycles. The van der Waals surface area contributed by atoms with E-state index in [0.717, 1.165) is 5.56 Å². The van der Waals surface area contributed by atoms with Crippen molar-refractivity contribution in [2.24, 2.45) is 0 Å². The van der Waals surface area contributed by atoms with Crippen LogP contribution in [-0.4, -0.2) is 49.2 Å². The van der Waals surface area contributed by atoms with Gasteiger partial charge in [-0.1, -0.05) is 17.3 Å². The highest BCUT2D eigenvalue weighted by atomic mass is 32.2. The zero-order chi connectivity index (χ0) is 25.5. The van der Waals surface area contributed by atoms with Crippen LogP contribution in [0.5, 0.6) is 5.75 Å². The Morgan fingerprint density at radius 1 is 1.06 bits per heavy atom. The lowest BCUT2D eigenvalue weighted by Gasteiger charge is -2.10. The van der Waals surface area contributed by atoms with Crippen LogP contribution < -0.4 is 10.3 Å². The molecule has 0 N–H and O–H groups in total. The van der Waals surface area contributed by atoms with Crippen molar-refractivity contribution >= 4 is 9.84 Å². The third-order valence-corrected chi connectivity index (χ3v) is 6.69. The maximum absolute atomic E-state index is 12.5. The standard InChI is InChI=1S/C25H22N4O6S/c1-33-12-13-34-21-4-2-3-18(15-21)16-29-17-20(7-10-23(29)30)24-27-25(35-28-24)19-5-8-22(9-6-19)36(31,32)14-11-26/h2-10,15,17H,12-14,16H2,1H3. The molecule has 10 nitrogen and oxygen atoms in total. The number of rotatable bonds is 10. The predicted molar refractivity (Wildman–Crippen MR) is 130 cm³/mol. The van der Waals surface area contributed by atoms with Crippen molar-refractivity contribution in [3.05, 3.63) is 82.8 Å². The normalized spacial score (nSPS) is 11.2. The highest BCUT2D eigenvalue weighted by molar-refractivity contribution is 7.91. The first-order valence-electron chi connectivity index (χ1n) is 10.8. The topological polar surface area (TPSA) is 137 Å². The number of ether oxygens (including phenoxy) is 2. The summed E-state index contributed by atoms with van der Waals surface area (Å²) < 4.78 is 41.6. The van der Waals surface area contributed by atoms with Crippen LogP contribution in [0.25, 0.3) is 22.8 Å². The minimum Gasteiger partial charge on any atom is -0.491 e. The van der Waals surface area contributed by atoms with Crippen molar-refractivity contribution in [3.63, 3.8) is 0 Å². The largest absolute Gasteiger partial charge is 0.491 e. The molecule has 0 atom stereocenters. The fourth-order valence-electron chi connectivity index (χ4n) is 3.39. The smallest absolute Gasteiger partial charge is 0.258 e. The van der Waals surface area contributed by atoms with Crippen LogP contribution >= 0.6 is 0 Å². The quantitative estimate of drug-likeness (QED) is 0.297. The molecule has 0 amide bonds. The van der Waals surface area contributed by atoms with Gasteiger partial charge in [-0.3, -0.25) is 4.79 Å². The molecule has 184 valence electrons. The molecule has 0 fully saturated rings. The average Bonchev–Trinajstić information content (AvgIpc) is 3.36. The fraction of sp³-hybridized carbons (Fsp3) is 0.200. The average molecular weight is 507 g/mol. The molecule has 11 heteroatoms. The number of nitrogens with zero attached hydrogens (tertiary/aromatic N) is 4. The first-order chi connectivity index (χ1) is 17.4. The van der Waals surface area contributed by atoms with E-state index in [-0.39, 0.29) is 22.2 Å². The Bertz CT molecular complexity index is 1550. The molecule has 36 heavy (non-hydrogen) atoms. The summed E-state index contributed by atoms with van der Waals surface area (Å²) in [5.74, 6) is 0.547. The molecule has 0 unspecified atom stereocenters. The number of sulfone groups is 1. The zero-order valence-electron chi connectivity index (χ0n) is 19.3. The predicted octanol–water partition coefficient (Wildman–Crippen LogP) is 2.94. The minimum absolute atomic E-state index is 0.0350. The Morgan fingerprint density at radius 2 is 1.83 bits per heavy atom. The third kappa shape index (κ3) is 5.86. The first-order valence-corrected chi connectivity index (χ1v) is 12.5. The molecule has 0 aliphatic rings. The molecule has 0 spiro atoms. The van der Waals surface area contributed by atoms with Crippen molar-refractivity contribution in [1.29, 1.82) is 5.26 Å². The number of pyridine rings is 1. The highest BCUT2D eigenvalue weighted by Crippen LogP contribution is 2.24. The third-order valence-electron chi connectivity index (χ3n) is 5.19. The lowest BCUT2D eigenvalue weighted by Crippen LogP contribution is -2.19. The summed E-state index contributed by atoms with van der Waals surface area (Å²) >= 11 is 0. The summed E-state index contributed by atoms with van der Waals surface area (Å²) in [5, 5.41) is 12.7. The van der Waals surface area contributed by atoms with Crippen molar-refractivity contribution in [2.45, 2.75) is 11.4 Å². The van der Waals surface area contributed by atoms with E-state index in [1.807, 2.05) is 24.3 Å². The molecule has 0 radical (unpaired) electrons. The van der Waals surface area contributed by atoms with Crippen molar-refractivity contribution in [2.75, 3.05) is 26.1 Å². The Labute approximate surface area is 207 Å². The molecule has 0 saturated heterocycles. The van der Waals surface area contributed by atoms with E-state index in [1.165, 1.54) is 34.9 Å². The molecule has 4 rings (SSSR count). The lowest BCUT2D eigenvalue weighted by atomic mass is 10.2. The van der Waals surface area contributed by atoms with Gasteiger partial charge in [0, 0.05) is 30.5 Å². The minimum atomic E-state index is -3.66. The van der Waals surface area contributed by atoms with Gasteiger partial charge in [0.15, 0.2) is 9.84 Å². The van der Waals surface area contributed by atoms with Crippen LogP contribution in [0.2, 0.25) is 0 Å². The van der Waals surface area contributed by atoms with Crippen LogP contribution in [0.3, 0.4) is 0 Å². The van der Waals surface area contributed by atoms with Crippen LogP contribution in [0.15, 0.2) is 81.1 Å². The first kappa shape index (κ1) is 24.8. The highest BCUT2D eigenvalue weighted by Gasteiger charge is 2.16. The molecule has 0 aliphatic heterocycles. The van der Waals surface area contributed by atoms with Crippen LogP contribution in [0.1, 0.15) is 5.56 Å². The van der Waals surface area contributed by atoms with Gasteiger partial charge in [-0.2, -0.15) is 10.2 Å². The van der Waals surface area contributed by atoms with Crippen molar-refractivity contribution in [3.8, 4) is 34.7 Å². The Balaban J connectivity index is 1.53. The van der Waals surface area contributed by atoms with E-state index in [2.05, 4.69) is 10.1 Å². The van der Waals surface area contributed by atoms with Gasteiger partial charge in [0.25, 0.3) is 11.4 Å². The van der Waals surface area contributed by atoms with E-state index in [0.29, 0.717) is 36.6 Å². The van der Waals surface area contributed by atoms with Gasteiger partial charge in [-0.25, -0.2) is 8.42 Å². The van der Waals surface area contributed by atoms with E-state index in [1.54, 1.807) is 25.4 Å². The number of nitriles is 1. The van der Waals surface area contributed by atoms with Crippen LogP contribution in [-0.2, 0) is 21.1 Å². The summed E-state index contributed by atoms with van der Waals surface area (Å²) in [6.45, 7) is 1.22. The van der Waals surface area contributed by atoms with Crippen molar-refractivity contribution < 1.29 is 22.4 Å². The van der Waals surface area contributed by atoms with E-state index >= 15 is 0 Å². The van der Waals surface area contributed by atoms with Gasteiger partial charge in [0.1, 0.15) is 18.1 Å². The Hall–Kier alpha value is -4.27. The van der Waals surface area contributed by atoms with Gasteiger partial charge in [0.2, 0.25) is 5.82 Å². The monoisotopic (exact) mass is 506 g/mol. The SMILES string of the molecule is COCCOc1cccc(Cn2cc(-c3noc(-c4ccc(S(=O)(=O)CC#N)cc4)n3)ccc2=O)c1. The summed E-state index contributed by atoms with van der Waals surface area (Å²) in [5.41, 5.74) is 1.78. The maximum Gasteiger partial charge on any atom is 0.258 e. The fourth-order valence-corrected chi connectivity index (χ4v) is 4.28. The summed E-state index contributed by atoms with van der Waals surface area (Å²) in [7, 11) is -2.06. The van der Waals surface area contributed by atoms with Crippen LogP contribution in [0.4, 0.5) is 0 Å². The second-order valence-electron chi connectivity index (χ2n) is 7.74. The summed E-state index contributed by atoms with van der Waals surface area (Å²) in [4.78, 5) is 16.9. The number of hydrogen-bond donors (Lipinski definition) is 0. The second kappa shape index (κ2) is 11.0. The summed E-state index contributed by atoms with van der Waals surface area (Å²) in [6.07, 6.45) is 1.65. The lowest BCUT2D eigenvalue weighted by molar-refractivity contribution is 0.146. The maximum atomic E-state index is 12.5. The molecule has 0 saturated carbocycles. The summed E-state index contributed by atoms with van der Waals surface area (Å²) in [6, 6.07) is 18.0. The molecule has 2 heterocycles. The number of benzene rings is 2. The molecule has 4 aromatic rings. The van der Waals surface area contributed by atoms with Gasteiger partial charge < -0.3 is 18.6 Å². The number of methoxy groups -OCH3 is 1. The van der Waals surface area contributed by atoms with E-state index in [9.17, 15) is 13.2 Å². The van der Waals surface area contributed by atoms with Crippen molar-refractivity contribution in [1.82, 2.24) is 14.7 Å². The number of aromatic nitrogens is 3. The van der Waals surface area contributed by atoms with E-state index < -0.39 is 15.6 Å². The Morgan fingerprint density at radius 3 is 2.58 bits per heavy atom. The van der Waals surface area contributed by atoms with Crippen LogP contribution in [0, 0.1) is 11.3 Å². The molecule has 0 bridgehead atoms. The van der Waals surface area contributed by atoms with Gasteiger partial charge in [0.05, 0.1) is 24.1 Å². The zero-order valence-corrected chi connectivity index (χ0v) is 20.1. The molecule has 2 aromatic carbocycles. The number of hydrogen-bond acceptors (Lipinski definition) is 9. The molecular formula is C25H22N4O6S. The molecule has 0 aliphatic carbocycles. The second-order valence-corrected chi connectivity index (χ2v) is 9.73. The Kier molecular flexibility index (Phi) is 7.58. The van der Waals surface area contributed by atoms with E-state index in [4.69, 9.17) is 19.3 Å². The van der Waals surface area contributed by atoms with Gasteiger partial charge >= 0.3 is 0 Å².